The Labute approximate surface area is 143 Å². The number of amides is 1. The third kappa shape index (κ3) is 4.06. The van der Waals surface area contributed by atoms with Crippen LogP contribution in [0.25, 0.3) is 0 Å². The lowest BCUT2D eigenvalue weighted by Crippen LogP contribution is -2.43. The van der Waals surface area contributed by atoms with Gasteiger partial charge in [-0.3, -0.25) is 4.79 Å². The molecule has 22 heavy (non-hydrogen) atoms. The second-order valence-electron chi connectivity index (χ2n) is 5.83. The Balaban J connectivity index is 1.62. The molecule has 2 aliphatic rings. The summed E-state index contributed by atoms with van der Waals surface area (Å²) in [7, 11) is -2.96. The maximum Gasteiger partial charge on any atom is 0.233 e. The predicted molar refractivity (Wildman–Crippen MR) is 91.8 cm³/mol. The van der Waals surface area contributed by atoms with Crippen molar-refractivity contribution < 1.29 is 13.2 Å². The minimum absolute atomic E-state index is 0.0671. The first-order valence-electron chi connectivity index (χ1n) is 7.34. The van der Waals surface area contributed by atoms with E-state index in [1.807, 2.05) is 29.2 Å². The van der Waals surface area contributed by atoms with Crippen LogP contribution in [0, 0.1) is 0 Å². The first kappa shape index (κ1) is 16.3. The van der Waals surface area contributed by atoms with Crippen LogP contribution in [0.1, 0.15) is 19.3 Å². The van der Waals surface area contributed by atoms with Crippen molar-refractivity contribution in [3.05, 3.63) is 28.7 Å². The van der Waals surface area contributed by atoms with Crippen molar-refractivity contribution in [1.29, 1.82) is 0 Å². The highest BCUT2D eigenvalue weighted by molar-refractivity contribution is 9.10. The van der Waals surface area contributed by atoms with Gasteiger partial charge >= 0.3 is 0 Å². The lowest BCUT2D eigenvalue weighted by Gasteiger charge is -2.28. The van der Waals surface area contributed by atoms with Crippen LogP contribution in [-0.2, 0) is 14.6 Å². The lowest BCUT2D eigenvalue weighted by atomic mass is 10.2. The Kier molecular flexibility index (Phi) is 4.85. The Hall–Kier alpha value is -0.530. The molecule has 0 spiro atoms. The van der Waals surface area contributed by atoms with Gasteiger partial charge in [-0.2, -0.15) is 0 Å². The van der Waals surface area contributed by atoms with E-state index in [9.17, 15) is 13.2 Å². The fourth-order valence-electron chi connectivity index (χ4n) is 2.80. The molecule has 2 fully saturated rings. The highest BCUT2D eigenvalue weighted by Crippen LogP contribution is 2.33. The second-order valence-corrected chi connectivity index (χ2v) is 10.0. The van der Waals surface area contributed by atoms with Crippen LogP contribution in [-0.4, -0.2) is 48.6 Å². The zero-order valence-electron chi connectivity index (χ0n) is 12.1. The van der Waals surface area contributed by atoms with E-state index >= 15 is 0 Å². The van der Waals surface area contributed by atoms with E-state index in [4.69, 9.17) is 0 Å². The molecule has 1 amide bonds. The molecule has 1 heterocycles. The van der Waals surface area contributed by atoms with E-state index < -0.39 is 9.84 Å². The maximum absolute atomic E-state index is 12.6. The van der Waals surface area contributed by atoms with E-state index in [0.717, 1.165) is 22.2 Å². The molecular formula is C15H18BrNO3S2. The molecule has 7 heteroatoms. The van der Waals surface area contributed by atoms with Gasteiger partial charge in [-0.05, 0) is 43.5 Å². The van der Waals surface area contributed by atoms with Crippen molar-refractivity contribution in [2.45, 2.75) is 36.2 Å². The highest BCUT2D eigenvalue weighted by Gasteiger charge is 2.41. The number of carbonyl (C=O) groups excluding carboxylic acids is 1. The topological polar surface area (TPSA) is 54.5 Å². The van der Waals surface area contributed by atoms with Gasteiger partial charge in [0.15, 0.2) is 9.84 Å². The van der Waals surface area contributed by atoms with Gasteiger partial charge < -0.3 is 4.90 Å². The molecule has 0 bridgehead atoms. The molecule has 120 valence electrons. The molecule has 1 atom stereocenters. The van der Waals surface area contributed by atoms with Gasteiger partial charge in [0, 0.05) is 21.5 Å². The van der Waals surface area contributed by atoms with E-state index in [-0.39, 0.29) is 29.5 Å². The molecule has 3 rings (SSSR count). The van der Waals surface area contributed by atoms with Crippen LogP contribution in [0.15, 0.2) is 33.6 Å². The van der Waals surface area contributed by atoms with Crippen molar-refractivity contribution in [3.8, 4) is 0 Å². The normalized spacial score (nSPS) is 23.4. The molecule has 1 saturated carbocycles. The van der Waals surface area contributed by atoms with Gasteiger partial charge in [-0.15, -0.1) is 11.8 Å². The van der Waals surface area contributed by atoms with Crippen molar-refractivity contribution in [2.24, 2.45) is 0 Å². The van der Waals surface area contributed by atoms with Gasteiger partial charge in [0.1, 0.15) is 0 Å². The average molecular weight is 404 g/mol. The first-order chi connectivity index (χ1) is 10.4. The summed E-state index contributed by atoms with van der Waals surface area (Å²) in [5, 5.41) is 0. The predicted octanol–water partition coefficient (Wildman–Crippen LogP) is 2.72. The second kappa shape index (κ2) is 6.53. The summed E-state index contributed by atoms with van der Waals surface area (Å²) in [5.74, 6) is 0.790. The average Bonchev–Trinajstić information content (AvgIpc) is 3.23. The van der Waals surface area contributed by atoms with Crippen LogP contribution >= 0.6 is 27.7 Å². The molecule has 1 aromatic carbocycles. The summed E-state index contributed by atoms with van der Waals surface area (Å²) in [5.41, 5.74) is 0. The Morgan fingerprint density at radius 2 is 1.86 bits per heavy atom. The van der Waals surface area contributed by atoms with Gasteiger partial charge in [-0.25, -0.2) is 8.42 Å². The number of hydrogen-bond donors (Lipinski definition) is 0. The molecule has 1 aliphatic heterocycles. The number of halogens is 1. The smallest absolute Gasteiger partial charge is 0.233 e. The maximum atomic E-state index is 12.6. The number of thioether (sulfide) groups is 1. The fraction of sp³-hybridized carbons (Fsp3) is 0.533. The first-order valence-corrected chi connectivity index (χ1v) is 10.9. The zero-order chi connectivity index (χ0) is 15.7. The highest BCUT2D eigenvalue weighted by atomic mass is 79.9. The largest absolute Gasteiger partial charge is 0.335 e. The van der Waals surface area contributed by atoms with E-state index in [1.165, 1.54) is 11.8 Å². The van der Waals surface area contributed by atoms with Gasteiger partial charge in [0.05, 0.1) is 17.3 Å². The molecule has 0 N–H and O–H groups in total. The minimum Gasteiger partial charge on any atom is -0.335 e. The summed E-state index contributed by atoms with van der Waals surface area (Å²) in [4.78, 5) is 15.5. The van der Waals surface area contributed by atoms with Crippen LogP contribution in [0.4, 0.5) is 0 Å². The fourth-order valence-corrected chi connectivity index (χ4v) is 5.55. The standard InChI is InChI=1S/C15H18BrNO3S2/c16-11-1-5-14(6-2-11)21-9-15(18)17(12-3-4-12)13-7-8-22(19,20)10-13/h1-2,5-6,12-13H,3-4,7-10H2/t13-/m1/s1. The number of benzene rings is 1. The van der Waals surface area contributed by atoms with E-state index in [0.29, 0.717) is 12.2 Å². The lowest BCUT2D eigenvalue weighted by molar-refractivity contribution is -0.130. The quantitative estimate of drug-likeness (QED) is 0.709. The van der Waals surface area contributed by atoms with E-state index in [1.54, 1.807) is 0 Å². The third-order valence-electron chi connectivity index (χ3n) is 4.01. The zero-order valence-corrected chi connectivity index (χ0v) is 15.3. The Morgan fingerprint density at radius 1 is 1.18 bits per heavy atom. The third-order valence-corrected chi connectivity index (χ3v) is 7.28. The number of sulfone groups is 1. The number of nitrogens with zero attached hydrogens (tertiary/aromatic N) is 1. The summed E-state index contributed by atoms with van der Waals surface area (Å²) >= 11 is 4.90. The summed E-state index contributed by atoms with van der Waals surface area (Å²) in [6, 6.07) is 8.00. The summed E-state index contributed by atoms with van der Waals surface area (Å²) in [6.45, 7) is 0. The van der Waals surface area contributed by atoms with Crippen LogP contribution < -0.4 is 0 Å². The number of hydrogen-bond acceptors (Lipinski definition) is 4. The molecule has 4 nitrogen and oxygen atoms in total. The van der Waals surface area contributed by atoms with E-state index in [2.05, 4.69) is 15.9 Å². The number of rotatable bonds is 5. The van der Waals surface area contributed by atoms with Crippen LogP contribution in [0.3, 0.4) is 0 Å². The van der Waals surface area contributed by atoms with Crippen molar-refractivity contribution >= 4 is 43.4 Å². The van der Waals surface area contributed by atoms with Crippen molar-refractivity contribution in [2.75, 3.05) is 17.3 Å². The summed E-state index contributed by atoms with van der Waals surface area (Å²) < 4.78 is 24.4. The monoisotopic (exact) mass is 403 g/mol. The Morgan fingerprint density at radius 3 is 2.41 bits per heavy atom. The number of carbonyl (C=O) groups is 1. The SMILES string of the molecule is O=C(CSc1ccc(Br)cc1)N(C1CC1)[C@@H]1CCS(=O)(=O)C1. The molecule has 0 radical (unpaired) electrons. The molecule has 1 aromatic rings. The van der Waals surface area contributed by atoms with Crippen molar-refractivity contribution in [1.82, 2.24) is 4.90 Å². The molecule has 0 unspecified atom stereocenters. The van der Waals surface area contributed by atoms with Crippen LogP contribution in [0.2, 0.25) is 0 Å². The molecule has 0 aromatic heterocycles. The molecule has 1 aliphatic carbocycles. The van der Waals surface area contributed by atoms with Gasteiger partial charge in [0.2, 0.25) is 5.91 Å². The molecular weight excluding hydrogens is 386 g/mol. The van der Waals surface area contributed by atoms with Gasteiger partial charge in [0.25, 0.3) is 0 Å². The minimum atomic E-state index is -2.96. The van der Waals surface area contributed by atoms with Crippen LogP contribution in [0.5, 0.6) is 0 Å². The summed E-state index contributed by atoms with van der Waals surface area (Å²) in [6.07, 6.45) is 2.60. The Bertz CT molecular complexity index is 656. The molecule has 1 saturated heterocycles. The van der Waals surface area contributed by atoms with Gasteiger partial charge in [-0.1, -0.05) is 15.9 Å². The van der Waals surface area contributed by atoms with Crippen molar-refractivity contribution in [3.63, 3.8) is 0 Å².